The Morgan fingerprint density at radius 2 is 1.85 bits per heavy atom. The summed E-state index contributed by atoms with van der Waals surface area (Å²) in [6, 6.07) is 2.25. The van der Waals surface area contributed by atoms with E-state index >= 15 is 0 Å². The van der Waals surface area contributed by atoms with Crippen molar-refractivity contribution >= 4 is 0 Å². The van der Waals surface area contributed by atoms with Gasteiger partial charge < -0.3 is 10.1 Å². The van der Waals surface area contributed by atoms with Crippen LogP contribution in [0.1, 0.15) is 35.1 Å². The van der Waals surface area contributed by atoms with E-state index in [-0.39, 0.29) is 0 Å². The molecule has 110 valence electrons. The molecule has 0 bridgehead atoms. The summed E-state index contributed by atoms with van der Waals surface area (Å²) in [6.45, 7) is 7.79. The molecule has 1 saturated heterocycles. The summed E-state index contributed by atoms with van der Waals surface area (Å²) in [7, 11) is 1.81. The van der Waals surface area contributed by atoms with Gasteiger partial charge in [-0.25, -0.2) is 0 Å². The summed E-state index contributed by atoms with van der Waals surface area (Å²) in [4.78, 5) is 2.55. The summed E-state index contributed by atoms with van der Waals surface area (Å²) < 4.78 is 5.69. The summed E-state index contributed by atoms with van der Waals surface area (Å²) >= 11 is 0. The predicted molar refractivity (Wildman–Crippen MR) is 82.5 cm³/mol. The van der Waals surface area contributed by atoms with Gasteiger partial charge in [0.05, 0.1) is 7.11 Å². The van der Waals surface area contributed by atoms with E-state index in [2.05, 4.69) is 23.2 Å². The normalized spacial score (nSPS) is 19.7. The average molecular weight is 274 g/mol. The molecule has 0 spiro atoms. The Hall–Kier alpha value is -1.06. The molecular formula is C17H26N2O. The number of aryl methyl sites for hydroxylation is 1. The van der Waals surface area contributed by atoms with Gasteiger partial charge in [0.2, 0.25) is 0 Å². The third kappa shape index (κ3) is 2.70. The third-order valence-electron chi connectivity index (χ3n) is 4.76. The van der Waals surface area contributed by atoms with Gasteiger partial charge in [-0.2, -0.15) is 0 Å². The van der Waals surface area contributed by atoms with Crippen LogP contribution in [0.4, 0.5) is 0 Å². The van der Waals surface area contributed by atoms with Crippen molar-refractivity contribution in [3.63, 3.8) is 0 Å². The summed E-state index contributed by atoms with van der Waals surface area (Å²) in [6.07, 6.45) is 5.15. The van der Waals surface area contributed by atoms with Crippen LogP contribution in [0.2, 0.25) is 0 Å². The van der Waals surface area contributed by atoms with Gasteiger partial charge in [0.15, 0.2) is 0 Å². The van der Waals surface area contributed by atoms with Crippen LogP contribution in [0.25, 0.3) is 0 Å². The number of hydrogen-bond acceptors (Lipinski definition) is 3. The van der Waals surface area contributed by atoms with Crippen LogP contribution in [-0.4, -0.2) is 38.2 Å². The largest absolute Gasteiger partial charge is 0.496 e. The standard InChI is InChI=1S/C17H26N2O/c1-13-11-17(20-2)16(12-19-9-7-18-8-10-19)15-6-4-3-5-14(13)15/h11,18H,3-10,12H2,1-2H3. The Morgan fingerprint density at radius 3 is 2.55 bits per heavy atom. The lowest BCUT2D eigenvalue weighted by atomic mass is 9.84. The highest BCUT2D eigenvalue weighted by atomic mass is 16.5. The van der Waals surface area contributed by atoms with E-state index in [1.165, 1.54) is 36.8 Å². The van der Waals surface area contributed by atoms with Crippen molar-refractivity contribution in [1.29, 1.82) is 0 Å². The fourth-order valence-electron chi connectivity index (χ4n) is 3.64. The van der Waals surface area contributed by atoms with Crippen molar-refractivity contribution in [2.24, 2.45) is 0 Å². The van der Waals surface area contributed by atoms with Gasteiger partial charge in [-0.15, -0.1) is 0 Å². The van der Waals surface area contributed by atoms with Gasteiger partial charge in [0, 0.05) is 38.3 Å². The van der Waals surface area contributed by atoms with Gasteiger partial charge >= 0.3 is 0 Å². The van der Waals surface area contributed by atoms with E-state index in [1.54, 1.807) is 11.1 Å². The molecule has 0 aromatic heterocycles. The molecule has 1 aliphatic heterocycles. The second-order valence-corrected chi connectivity index (χ2v) is 6.06. The quantitative estimate of drug-likeness (QED) is 0.915. The number of nitrogens with one attached hydrogen (secondary N) is 1. The lowest BCUT2D eigenvalue weighted by Gasteiger charge is -2.31. The van der Waals surface area contributed by atoms with Gasteiger partial charge in [-0.3, -0.25) is 4.90 Å². The molecule has 1 aliphatic carbocycles. The fourth-order valence-corrected chi connectivity index (χ4v) is 3.64. The van der Waals surface area contributed by atoms with Gasteiger partial charge in [0.1, 0.15) is 5.75 Å². The first-order valence-corrected chi connectivity index (χ1v) is 7.91. The number of hydrogen-bond donors (Lipinski definition) is 1. The lowest BCUT2D eigenvalue weighted by molar-refractivity contribution is 0.229. The van der Waals surface area contributed by atoms with Gasteiger partial charge in [-0.1, -0.05) is 0 Å². The van der Waals surface area contributed by atoms with Crippen molar-refractivity contribution in [3.8, 4) is 5.75 Å². The molecule has 3 heteroatoms. The molecule has 1 aromatic carbocycles. The zero-order valence-electron chi connectivity index (χ0n) is 12.8. The Labute approximate surface area is 122 Å². The zero-order valence-corrected chi connectivity index (χ0v) is 12.8. The summed E-state index contributed by atoms with van der Waals surface area (Å²) in [5.41, 5.74) is 6.06. The predicted octanol–water partition coefficient (Wildman–Crippen LogP) is 2.29. The first-order valence-electron chi connectivity index (χ1n) is 7.91. The second kappa shape index (κ2) is 6.15. The molecule has 0 amide bonds. The van der Waals surface area contributed by atoms with Crippen molar-refractivity contribution < 1.29 is 4.74 Å². The number of methoxy groups -OCH3 is 1. The van der Waals surface area contributed by atoms with Crippen LogP contribution in [0.15, 0.2) is 6.07 Å². The molecule has 0 saturated carbocycles. The molecule has 3 nitrogen and oxygen atoms in total. The molecular weight excluding hydrogens is 248 g/mol. The molecule has 3 rings (SSSR count). The third-order valence-corrected chi connectivity index (χ3v) is 4.76. The van der Waals surface area contributed by atoms with E-state index < -0.39 is 0 Å². The highest BCUT2D eigenvalue weighted by molar-refractivity contribution is 5.50. The molecule has 0 atom stereocenters. The SMILES string of the molecule is COc1cc(C)c2c(c1CN1CCNCC1)CCCC2. The molecule has 1 N–H and O–H groups in total. The van der Waals surface area contributed by atoms with Crippen LogP contribution in [0.3, 0.4) is 0 Å². The van der Waals surface area contributed by atoms with Crippen molar-refractivity contribution in [2.75, 3.05) is 33.3 Å². The lowest BCUT2D eigenvalue weighted by Crippen LogP contribution is -2.43. The van der Waals surface area contributed by atoms with E-state index in [9.17, 15) is 0 Å². The molecule has 0 radical (unpaired) electrons. The molecule has 0 unspecified atom stereocenters. The summed E-state index contributed by atoms with van der Waals surface area (Å²) in [5.74, 6) is 1.10. The first-order chi connectivity index (χ1) is 9.79. The van der Waals surface area contributed by atoms with E-state index in [0.717, 1.165) is 38.5 Å². The molecule has 1 aromatic rings. The number of piperazine rings is 1. The monoisotopic (exact) mass is 274 g/mol. The maximum absolute atomic E-state index is 5.69. The minimum Gasteiger partial charge on any atom is -0.496 e. The molecule has 2 aliphatic rings. The first kappa shape index (κ1) is 13.9. The highest BCUT2D eigenvalue weighted by Crippen LogP contribution is 2.34. The maximum Gasteiger partial charge on any atom is 0.123 e. The molecule has 1 fully saturated rings. The Bertz CT molecular complexity index is 478. The number of rotatable bonds is 3. The minimum atomic E-state index is 1.05. The van der Waals surface area contributed by atoms with Crippen molar-refractivity contribution in [2.45, 2.75) is 39.2 Å². The Kier molecular flexibility index (Phi) is 4.27. The number of ether oxygens (including phenoxy) is 1. The smallest absolute Gasteiger partial charge is 0.123 e. The zero-order chi connectivity index (χ0) is 13.9. The van der Waals surface area contributed by atoms with Crippen LogP contribution >= 0.6 is 0 Å². The van der Waals surface area contributed by atoms with Crippen LogP contribution < -0.4 is 10.1 Å². The van der Waals surface area contributed by atoms with E-state index in [0.29, 0.717) is 0 Å². The number of nitrogens with zero attached hydrogens (tertiary/aromatic N) is 1. The van der Waals surface area contributed by atoms with Crippen molar-refractivity contribution in [1.82, 2.24) is 10.2 Å². The number of benzene rings is 1. The van der Waals surface area contributed by atoms with Crippen molar-refractivity contribution in [3.05, 3.63) is 28.3 Å². The summed E-state index contributed by atoms with van der Waals surface area (Å²) in [5, 5.41) is 3.43. The van der Waals surface area contributed by atoms with Gasteiger partial charge in [-0.05, 0) is 55.4 Å². The fraction of sp³-hybridized carbons (Fsp3) is 0.647. The van der Waals surface area contributed by atoms with E-state index in [1.807, 2.05) is 7.11 Å². The minimum absolute atomic E-state index is 1.05. The topological polar surface area (TPSA) is 24.5 Å². The molecule has 1 heterocycles. The Morgan fingerprint density at radius 1 is 1.15 bits per heavy atom. The maximum atomic E-state index is 5.69. The van der Waals surface area contributed by atoms with Gasteiger partial charge in [0.25, 0.3) is 0 Å². The van der Waals surface area contributed by atoms with Crippen LogP contribution in [0.5, 0.6) is 5.75 Å². The van der Waals surface area contributed by atoms with Crippen LogP contribution in [-0.2, 0) is 19.4 Å². The average Bonchev–Trinajstić information content (AvgIpc) is 2.51. The van der Waals surface area contributed by atoms with E-state index in [4.69, 9.17) is 4.74 Å². The number of fused-ring (bicyclic) bond motifs is 1. The van der Waals surface area contributed by atoms with Crippen LogP contribution in [0, 0.1) is 6.92 Å². The Balaban J connectivity index is 1.94. The second-order valence-electron chi connectivity index (χ2n) is 6.06. The molecule has 20 heavy (non-hydrogen) atoms. The highest BCUT2D eigenvalue weighted by Gasteiger charge is 2.21.